The van der Waals surface area contributed by atoms with Gasteiger partial charge in [-0.15, -0.1) is 0 Å². The van der Waals surface area contributed by atoms with Crippen molar-refractivity contribution in [3.8, 4) is 0 Å². The molecule has 7 heteroatoms. The van der Waals surface area contributed by atoms with E-state index in [-0.39, 0.29) is 11.4 Å². The first-order chi connectivity index (χ1) is 7.86. The predicted octanol–water partition coefficient (Wildman–Crippen LogP) is -0.398. The minimum absolute atomic E-state index is 0.0908. The Morgan fingerprint density at radius 3 is 2.59 bits per heavy atom. The van der Waals surface area contributed by atoms with E-state index in [1.54, 1.807) is 6.92 Å². The molecule has 1 aromatic rings. The number of carbonyl (C=O) groups is 1. The second-order valence-corrected chi connectivity index (χ2v) is 5.28. The van der Waals surface area contributed by atoms with Crippen LogP contribution in [-0.2, 0) is 14.8 Å². The van der Waals surface area contributed by atoms with Gasteiger partial charge < -0.3 is 11.1 Å². The minimum atomic E-state index is -3.67. The third-order valence-electron chi connectivity index (χ3n) is 2.25. The van der Waals surface area contributed by atoms with Gasteiger partial charge >= 0.3 is 0 Å². The van der Waals surface area contributed by atoms with E-state index in [0.717, 1.165) is 0 Å². The molecule has 0 heterocycles. The van der Waals surface area contributed by atoms with Crippen molar-refractivity contribution in [2.45, 2.75) is 11.8 Å². The lowest BCUT2D eigenvalue weighted by molar-refractivity contribution is -0.119. The Kier molecular flexibility index (Phi) is 4.08. The van der Waals surface area contributed by atoms with Gasteiger partial charge in [0.15, 0.2) is 0 Å². The third-order valence-corrected chi connectivity index (χ3v) is 3.65. The largest absolute Gasteiger partial charge is 0.399 e. The number of anilines is 1. The standard InChI is InChI=1S/C10H15N3O3S/c1-7-5-8(3-4-9(7)11)17(15,16)13-6-10(14)12-2/h3-5,13H,6,11H2,1-2H3,(H,12,14). The first kappa shape index (κ1) is 13.5. The van der Waals surface area contributed by atoms with E-state index < -0.39 is 15.9 Å². The molecule has 0 aromatic heterocycles. The smallest absolute Gasteiger partial charge is 0.241 e. The number of hydrogen-bond donors (Lipinski definition) is 3. The minimum Gasteiger partial charge on any atom is -0.399 e. The number of rotatable bonds is 4. The zero-order valence-electron chi connectivity index (χ0n) is 9.65. The third kappa shape index (κ3) is 3.43. The molecule has 0 fully saturated rings. The van der Waals surface area contributed by atoms with Crippen molar-refractivity contribution < 1.29 is 13.2 Å². The van der Waals surface area contributed by atoms with Crippen molar-refractivity contribution >= 4 is 21.6 Å². The monoisotopic (exact) mass is 257 g/mol. The fourth-order valence-electron chi connectivity index (χ4n) is 1.15. The van der Waals surface area contributed by atoms with Crippen molar-refractivity contribution in [2.24, 2.45) is 0 Å². The second-order valence-electron chi connectivity index (χ2n) is 3.52. The van der Waals surface area contributed by atoms with Gasteiger partial charge in [-0.2, -0.15) is 0 Å². The molecule has 17 heavy (non-hydrogen) atoms. The molecule has 0 aliphatic rings. The van der Waals surface area contributed by atoms with E-state index in [2.05, 4.69) is 10.0 Å². The molecule has 0 atom stereocenters. The van der Waals surface area contributed by atoms with Crippen LogP contribution in [0.25, 0.3) is 0 Å². The fourth-order valence-corrected chi connectivity index (χ4v) is 2.21. The maximum atomic E-state index is 11.8. The van der Waals surface area contributed by atoms with Gasteiger partial charge in [-0.1, -0.05) is 0 Å². The van der Waals surface area contributed by atoms with Gasteiger partial charge in [0.1, 0.15) is 0 Å². The summed E-state index contributed by atoms with van der Waals surface area (Å²) >= 11 is 0. The summed E-state index contributed by atoms with van der Waals surface area (Å²) in [6.45, 7) is 1.43. The number of benzene rings is 1. The Morgan fingerprint density at radius 2 is 2.06 bits per heavy atom. The van der Waals surface area contributed by atoms with Crippen LogP contribution < -0.4 is 15.8 Å². The lowest BCUT2D eigenvalue weighted by Crippen LogP contribution is -2.35. The highest BCUT2D eigenvalue weighted by Crippen LogP contribution is 2.16. The molecule has 0 bridgehead atoms. The molecule has 0 spiro atoms. The van der Waals surface area contributed by atoms with Gasteiger partial charge in [0.25, 0.3) is 0 Å². The highest BCUT2D eigenvalue weighted by Gasteiger charge is 2.15. The number of nitrogen functional groups attached to an aromatic ring is 1. The van der Waals surface area contributed by atoms with Gasteiger partial charge in [0.05, 0.1) is 11.4 Å². The average Bonchev–Trinajstić information content (AvgIpc) is 2.29. The van der Waals surface area contributed by atoms with Crippen LogP contribution in [0.4, 0.5) is 5.69 Å². The van der Waals surface area contributed by atoms with Crippen LogP contribution in [0.1, 0.15) is 5.56 Å². The quantitative estimate of drug-likeness (QED) is 0.639. The zero-order chi connectivity index (χ0) is 13.1. The molecular formula is C10H15N3O3S. The Hall–Kier alpha value is -1.60. The molecule has 1 amide bonds. The van der Waals surface area contributed by atoms with Gasteiger partial charge in [-0.05, 0) is 30.7 Å². The summed E-state index contributed by atoms with van der Waals surface area (Å²) in [7, 11) is -2.24. The van der Waals surface area contributed by atoms with Gasteiger partial charge in [-0.25, -0.2) is 13.1 Å². The number of aryl methyl sites for hydroxylation is 1. The Balaban J connectivity index is 2.90. The summed E-state index contributed by atoms with van der Waals surface area (Å²) < 4.78 is 25.8. The number of nitrogens with two attached hydrogens (primary N) is 1. The lowest BCUT2D eigenvalue weighted by Gasteiger charge is -2.07. The van der Waals surface area contributed by atoms with Crippen LogP contribution in [0.15, 0.2) is 23.1 Å². The molecule has 4 N–H and O–H groups in total. The van der Waals surface area contributed by atoms with Gasteiger partial charge in [0, 0.05) is 12.7 Å². The maximum absolute atomic E-state index is 11.8. The highest BCUT2D eigenvalue weighted by molar-refractivity contribution is 7.89. The molecule has 0 aliphatic carbocycles. The molecule has 0 saturated heterocycles. The summed E-state index contributed by atoms with van der Waals surface area (Å²) in [6, 6.07) is 4.37. The topological polar surface area (TPSA) is 101 Å². The van der Waals surface area contributed by atoms with E-state index in [9.17, 15) is 13.2 Å². The SMILES string of the molecule is CNC(=O)CNS(=O)(=O)c1ccc(N)c(C)c1. The van der Waals surface area contributed by atoms with Crippen molar-refractivity contribution in [3.63, 3.8) is 0 Å². The van der Waals surface area contributed by atoms with Gasteiger partial charge in [0.2, 0.25) is 15.9 Å². The van der Waals surface area contributed by atoms with E-state index >= 15 is 0 Å². The second kappa shape index (κ2) is 5.15. The van der Waals surface area contributed by atoms with E-state index in [1.165, 1.54) is 25.2 Å². The van der Waals surface area contributed by atoms with Crippen molar-refractivity contribution in [1.82, 2.24) is 10.0 Å². The van der Waals surface area contributed by atoms with Crippen molar-refractivity contribution in [1.29, 1.82) is 0 Å². The van der Waals surface area contributed by atoms with Gasteiger partial charge in [-0.3, -0.25) is 4.79 Å². The first-order valence-electron chi connectivity index (χ1n) is 4.93. The highest BCUT2D eigenvalue weighted by atomic mass is 32.2. The van der Waals surface area contributed by atoms with Crippen LogP contribution in [0.3, 0.4) is 0 Å². The van der Waals surface area contributed by atoms with Crippen LogP contribution in [0, 0.1) is 6.92 Å². The van der Waals surface area contributed by atoms with Crippen LogP contribution in [0.2, 0.25) is 0 Å². The molecular weight excluding hydrogens is 242 g/mol. The number of sulfonamides is 1. The average molecular weight is 257 g/mol. The number of carbonyl (C=O) groups excluding carboxylic acids is 1. The zero-order valence-corrected chi connectivity index (χ0v) is 10.5. The normalized spacial score (nSPS) is 11.2. The Bertz CT molecular complexity index is 526. The molecule has 1 rings (SSSR count). The molecule has 0 saturated carbocycles. The first-order valence-corrected chi connectivity index (χ1v) is 6.41. The molecule has 0 radical (unpaired) electrons. The molecule has 0 aliphatic heterocycles. The van der Waals surface area contributed by atoms with Crippen LogP contribution in [0.5, 0.6) is 0 Å². The molecule has 0 unspecified atom stereocenters. The van der Waals surface area contributed by atoms with Crippen LogP contribution in [-0.4, -0.2) is 27.9 Å². The fraction of sp³-hybridized carbons (Fsp3) is 0.300. The number of likely N-dealkylation sites (N-methyl/N-ethyl adjacent to an activating group) is 1. The summed E-state index contributed by atoms with van der Waals surface area (Å²) in [4.78, 5) is 11.0. The number of nitrogens with one attached hydrogen (secondary N) is 2. The molecule has 94 valence electrons. The van der Waals surface area contributed by atoms with Crippen molar-refractivity contribution in [3.05, 3.63) is 23.8 Å². The number of amides is 1. The Labute approximate surface area is 100 Å². The van der Waals surface area contributed by atoms with Crippen molar-refractivity contribution in [2.75, 3.05) is 19.3 Å². The summed E-state index contributed by atoms with van der Waals surface area (Å²) in [5, 5.41) is 2.32. The molecule has 1 aromatic carbocycles. The van der Waals surface area contributed by atoms with Crippen LogP contribution >= 0.6 is 0 Å². The number of hydrogen-bond acceptors (Lipinski definition) is 4. The van der Waals surface area contributed by atoms with E-state index in [1.807, 2.05) is 0 Å². The van der Waals surface area contributed by atoms with E-state index in [0.29, 0.717) is 11.3 Å². The summed E-state index contributed by atoms with van der Waals surface area (Å²) in [6.07, 6.45) is 0. The Morgan fingerprint density at radius 1 is 1.41 bits per heavy atom. The van der Waals surface area contributed by atoms with E-state index in [4.69, 9.17) is 5.73 Å². The summed E-state index contributed by atoms with van der Waals surface area (Å²) in [5.41, 5.74) is 6.79. The maximum Gasteiger partial charge on any atom is 0.241 e. The lowest BCUT2D eigenvalue weighted by atomic mass is 10.2. The predicted molar refractivity (Wildman–Crippen MR) is 64.8 cm³/mol. The molecule has 6 nitrogen and oxygen atoms in total. The summed E-state index contributed by atoms with van der Waals surface area (Å²) in [5.74, 6) is -0.402.